The van der Waals surface area contributed by atoms with Crippen molar-refractivity contribution in [3.8, 4) is 5.75 Å². The van der Waals surface area contributed by atoms with Crippen molar-refractivity contribution in [1.29, 1.82) is 0 Å². The minimum atomic E-state index is -0.191. The first kappa shape index (κ1) is 19.3. The molecular formula is C21H16ClN3O3S. The van der Waals surface area contributed by atoms with Crippen LogP contribution < -0.4 is 10.1 Å². The van der Waals surface area contributed by atoms with Crippen molar-refractivity contribution in [1.82, 2.24) is 10.2 Å². The number of anilines is 1. The highest BCUT2D eigenvalue weighted by Gasteiger charge is 2.11. The van der Waals surface area contributed by atoms with Gasteiger partial charge in [0, 0.05) is 16.1 Å². The molecule has 0 aliphatic carbocycles. The van der Waals surface area contributed by atoms with Crippen LogP contribution in [0.3, 0.4) is 0 Å². The van der Waals surface area contributed by atoms with E-state index in [4.69, 9.17) is 20.8 Å². The summed E-state index contributed by atoms with van der Waals surface area (Å²) < 4.78 is 11.4. The van der Waals surface area contributed by atoms with Gasteiger partial charge >= 0.3 is 0 Å². The molecule has 0 spiro atoms. The molecule has 0 saturated carbocycles. The number of hydrogen-bond acceptors (Lipinski definition) is 6. The first-order valence-electron chi connectivity index (χ1n) is 8.78. The molecule has 1 amide bonds. The molecule has 0 radical (unpaired) electrons. The van der Waals surface area contributed by atoms with Crippen molar-refractivity contribution in [3.63, 3.8) is 0 Å². The number of halogens is 1. The van der Waals surface area contributed by atoms with Crippen molar-refractivity contribution in [3.05, 3.63) is 77.6 Å². The van der Waals surface area contributed by atoms with Gasteiger partial charge in [-0.15, -0.1) is 10.2 Å². The Balaban J connectivity index is 1.31. The largest absolute Gasteiger partial charge is 0.483 e. The Morgan fingerprint density at radius 3 is 2.79 bits per heavy atom. The molecule has 0 unspecified atom stereocenters. The molecule has 4 aromatic rings. The normalized spacial score (nSPS) is 10.8. The third kappa shape index (κ3) is 5.07. The minimum absolute atomic E-state index is 0.137. The van der Waals surface area contributed by atoms with Crippen molar-refractivity contribution < 1.29 is 13.9 Å². The zero-order valence-electron chi connectivity index (χ0n) is 15.2. The van der Waals surface area contributed by atoms with Crippen LogP contribution in [0, 0.1) is 0 Å². The molecule has 1 N–H and O–H groups in total. The van der Waals surface area contributed by atoms with Crippen LogP contribution in [0.2, 0.25) is 5.02 Å². The Labute approximate surface area is 176 Å². The predicted molar refractivity (Wildman–Crippen MR) is 113 cm³/mol. The van der Waals surface area contributed by atoms with E-state index in [-0.39, 0.29) is 18.3 Å². The molecule has 0 fully saturated rings. The maximum absolute atomic E-state index is 12.0. The van der Waals surface area contributed by atoms with E-state index in [9.17, 15) is 4.79 Å². The second-order valence-corrected chi connectivity index (χ2v) is 7.44. The highest BCUT2D eigenvalue weighted by atomic mass is 35.5. The van der Waals surface area contributed by atoms with Crippen LogP contribution >= 0.6 is 23.4 Å². The van der Waals surface area contributed by atoms with Gasteiger partial charge in [-0.1, -0.05) is 65.8 Å². The van der Waals surface area contributed by atoms with Crippen LogP contribution in [0.15, 0.2) is 76.4 Å². The molecule has 0 atom stereocenters. The fourth-order valence-corrected chi connectivity index (χ4v) is 3.48. The maximum atomic E-state index is 12.0. The molecule has 1 heterocycles. The molecule has 6 nitrogen and oxygen atoms in total. The number of carbonyl (C=O) groups excluding carboxylic acids is 1. The summed E-state index contributed by atoms with van der Waals surface area (Å²) in [6.45, 7) is 0.149. The summed E-state index contributed by atoms with van der Waals surface area (Å²) in [4.78, 5) is 12.0. The van der Waals surface area contributed by atoms with E-state index in [2.05, 4.69) is 15.5 Å². The number of amides is 1. The Bertz CT molecular complexity index is 1140. The molecule has 8 heteroatoms. The molecule has 1 aromatic heterocycles. The van der Waals surface area contributed by atoms with Crippen molar-refractivity contribution in [2.24, 2.45) is 0 Å². The van der Waals surface area contributed by atoms with E-state index in [0.717, 1.165) is 28.3 Å². The zero-order chi connectivity index (χ0) is 20.1. The molecule has 0 bridgehead atoms. The standard InChI is InChI=1S/C21H16ClN3O3S/c22-15-7-4-8-16(11-15)23-19(26)13-29-21-25-24-20(28-21)12-27-18-10-3-6-14-5-1-2-9-17(14)18/h1-11H,12-13H2,(H,23,26). The van der Waals surface area contributed by atoms with Crippen LogP contribution in [0.5, 0.6) is 5.75 Å². The third-order valence-corrected chi connectivity index (χ3v) is 5.04. The molecule has 0 aliphatic rings. The first-order chi connectivity index (χ1) is 14.2. The number of thioether (sulfide) groups is 1. The van der Waals surface area contributed by atoms with Crippen LogP contribution in [0.25, 0.3) is 10.8 Å². The number of hydrogen-bond donors (Lipinski definition) is 1. The molecule has 3 aromatic carbocycles. The quantitative estimate of drug-likeness (QED) is 0.411. The molecule has 29 heavy (non-hydrogen) atoms. The molecular weight excluding hydrogens is 410 g/mol. The van der Waals surface area contributed by atoms with Gasteiger partial charge in [0.2, 0.25) is 5.91 Å². The van der Waals surface area contributed by atoms with E-state index >= 15 is 0 Å². The van der Waals surface area contributed by atoms with Crippen LogP contribution in [0.4, 0.5) is 5.69 Å². The lowest BCUT2D eigenvalue weighted by Gasteiger charge is -2.07. The minimum Gasteiger partial charge on any atom is -0.483 e. The Hall–Kier alpha value is -3.03. The van der Waals surface area contributed by atoms with E-state index < -0.39 is 0 Å². The summed E-state index contributed by atoms with van der Waals surface area (Å²) >= 11 is 7.06. The summed E-state index contributed by atoms with van der Waals surface area (Å²) in [6, 6.07) is 20.8. The van der Waals surface area contributed by atoms with E-state index in [1.54, 1.807) is 24.3 Å². The van der Waals surface area contributed by atoms with Gasteiger partial charge in [-0.25, -0.2) is 0 Å². The Morgan fingerprint density at radius 2 is 1.90 bits per heavy atom. The Morgan fingerprint density at radius 1 is 1.07 bits per heavy atom. The molecule has 4 rings (SSSR count). The summed E-state index contributed by atoms with van der Waals surface area (Å²) in [5, 5.41) is 13.7. The van der Waals surface area contributed by atoms with Gasteiger partial charge in [-0.3, -0.25) is 4.79 Å². The lowest BCUT2D eigenvalue weighted by Crippen LogP contribution is -2.13. The number of ether oxygens (including phenoxy) is 1. The lowest BCUT2D eigenvalue weighted by molar-refractivity contribution is -0.113. The average molecular weight is 426 g/mol. The molecule has 0 saturated heterocycles. The molecule has 146 valence electrons. The number of rotatable bonds is 7. The Kier molecular flexibility index (Phi) is 5.97. The van der Waals surface area contributed by atoms with Crippen molar-refractivity contribution >= 4 is 45.7 Å². The first-order valence-corrected chi connectivity index (χ1v) is 10.1. The highest BCUT2D eigenvalue weighted by Crippen LogP contribution is 2.26. The van der Waals surface area contributed by atoms with Gasteiger partial charge in [0.1, 0.15) is 5.75 Å². The summed E-state index contributed by atoms with van der Waals surface area (Å²) in [5.74, 6) is 1.04. The summed E-state index contributed by atoms with van der Waals surface area (Å²) in [5.41, 5.74) is 0.637. The third-order valence-electron chi connectivity index (χ3n) is 3.98. The average Bonchev–Trinajstić information content (AvgIpc) is 3.19. The smallest absolute Gasteiger partial charge is 0.277 e. The lowest BCUT2D eigenvalue weighted by atomic mass is 10.1. The van der Waals surface area contributed by atoms with Crippen LogP contribution in [-0.4, -0.2) is 21.9 Å². The van der Waals surface area contributed by atoms with Gasteiger partial charge in [0.15, 0.2) is 6.61 Å². The van der Waals surface area contributed by atoms with Gasteiger partial charge in [-0.2, -0.15) is 0 Å². The SMILES string of the molecule is O=C(CSc1nnc(COc2cccc3ccccc23)o1)Nc1cccc(Cl)c1. The van der Waals surface area contributed by atoms with Gasteiger partial charge in [0.05, 0.1) is 5.75 Å². The fraction of sp³-hybridized carbons (Fsp3) is 0.0952. The van der Waals surface area contributed by atoms with Crippen molar-refractivity contribution in [2.75, 3.05) is 11.1 Å². The number of carbonyl (C=O) groups is 1. The number of benzene rings is 3. The van der Waals surface area contributed by atoms with E-state index in [0.29, 0.717) is 21.8 Å². The van der Waals surface area contributed by atoms with Gasteiger partial charge in [0.25, 0.3) is 11.1 Å². The number of nitrogens with one attached hydrogen (secondary N) is 1. The maximum Gasteiger partial charge on any atom is 0.277 e. The van der Waals surface area contributed by atoms with Gasteiger partial charge in [-0.05, 0) is 29.7 Å². The second kappa shape index (κ2) is 8.98. The number of nitrogens with zero attached hydrogens (tertiary/aromatic N) is 2. The predicted octanol–water partition coefficient (Wildman–Crippen LogP) is 5.19. The summed E-state index contributed by atoms with van der Waals surface area (Å²) in [7, 11) is 0. The van der Waals surface area contributed by atoms with Crippen LogP contribution in [-0.2, 0) is 11.4 Å². The highest BCUT2D eigenvalue weighted by molar-refractivity contribution is 7.99. The number of aromatic nitrogens is 2. The molecule has 0 aliphatic heterocycles. The fourth-order valence-electron chi connectivity index (χ4n) is 2.71. The topological polar surface area (TPSA) is 77.2 Å². The monoisotopic (exact) mass is 425 g/mol. The van der Waals surface area contributed by atoms with E-state index in [1.165, 1.54) is 0 Å². The van der Waals surface area contributed by atoms with E-state index in [1.807, 2.05) is 42.5 Å². The summed E-state index contributed by atoms with van der Waals surface area (Å²) in [6.07, 6.45) is 0. The number of fused-ring (bicyclic) bond motifs is 1. The van der Waals surface area contributed by atoms with Crippen molar-refractivity contribution in [2.45, 2.75) is 11.8 Å². The van der Waals surface area contributed by atoms with Crippen LogP contribution in [0.1, 0.15) is 5.89 Å². The zero-order valence-corrected chi connectivity index (χ0v) is 16.7. The van der Waals surface area contributed by atoms with Gasteiger partial charge < -0.3 is 14.5 Å². The second-order valence-electron chi connectivity index (χ2n) is 6.07.